The zero-order valence-electron chi connectivity index (χ0n) is 12.9. The van der Waals surface area contributed by atoms with E-state index in [0.717, 1.165) is 0 Å². The van der Waals surface area contributed by atoms with Crippen molar-refractivity contribution in [1.29, 1.82) is 0 Å². The average Bonchev–Trinajstić information content (AvgIpc) is 3.08. The number of Topliss-reactive ketones (excluding diaryl/α,β-unsaturated/α-hetero) is 2. The molecule has 7 heteroatoms. The van der Waals surface area contributed by atoms with E-state index in [9.17, 15) is 24.8 Å². The van der Waals surface area contributed by atoms with Crippen LogP contribution in [0.1, 0.15) is 31.5 Å². The van der Waals surface area contributed by atoms with E-state index in [1.54, 1.807) is 36.4 Å². The first-order valence-electron chi connectivity index (χ1n) is 7.70. The third-order valence-electron chi connectivity index (χ3n) is 4.93. The van der Waals surface area contributed by atoms with Crippen LogP contribution in [0.4, 0.5) is 5.69 Å². The largest absolute Gasteiger partial charge is 0.391 e. The molecule has 0 radical (unpaired) electrons. The molecule has 0 aromatic heterocycles. The van der Waals surface area contributed by atoms with Gasteiger partial charge in [0, 0.05) is 29.0 Å². The molecular formula is C18H13NO5S. The number of carbonyl (C=O) groups excluding carboxylic acids is 2. The Kier molecular flexibility index (Phi) is 3.52. The fourth-order valence-corrected chi connectivity index (χ4v) is 5.34. The molecule has 2 aliphatic rings. The topological polar surface area (TPSA) is 97.5 Å². The van der Waals surface area contributed by atoms with E-state index in [-0.39, 0.29) is 23.0 Å². The third-order valence-corrected chi connectivity index (χ3v) is 6.42. The number of ketones is 2. The molecule has 0 amide bonds. The Hall–Kier alpha value is -2.51. The normalized spacial score (nSPS) is 23.9. The number of benzene rings is 2. The highest BCUT2D eigenvalue weighted by Gasteiger charge is 2.65. The predicted octanol–water partition coefficient (Wildman–Crippen LogP) is 2.81. The Morgan fingerprint density at radius 3 is 2.12 bits per heavy atom. The molecule has 2 aromatic rings. The number of hydrogen-bond donors (Lipinski definition) is 1. The lowest BCUT2D eigenvalue weighted by atomic mass is 9.73. The van der Waals surface area contributed by atoms with Gasteiger partial charge in [-0.25, -0.2) is 0 Å². The molecule has 1 saturated heterocycles. The number of nitro groups is 1. The summed E-state index contributed by atoms with van der Waals surface area (Å²) in [4.78, 5) is 36.5. The van der Waals surface area contributed by atoms with E-state index in [1.807, 2.05) is 0 Å². The molecule has 6 nitrogen and oxygen atoms in total. The van der Waals surface area contributed by atoms with Gasteiger partial charge in [-0.05, 0) is 5.56 Å². The summed E-state index contributed by atoms with van der Waals surface area (Å²) in [6.45, 7) is 0. The van der Waals surface area contributed by atoms with Gasteiger partial charge in [-0.2, -0.15) is 0 Å². The van der Waals surface area contributed by atoms with E-state index in [2.05, 4.69) is 0 Å². The fraction of sp³-hybridized carbons (Fsp3) is 0.222. The highest BCUT2D eigenvalue weighted by Crippen LogP contribution is 2.59. The van der Waals surface area contributed by atoms with E-state index in [0.29, 0.717) is 16.7 Å². The molecule has 1 N–H and O–H groups in total. The molecule has 126 valence electrons. The van der Waals surface area contributed by atoms with Crippen molar-refractivity contribution >= 4 is 29.0 Å². The van der Waals surface area contributed by atoms with Crippen LogP contribution in [0.2, 0.25) is 0 Å². The Morgan fingerprint density at radius 2 is 1.60 bits per heavy atom. The Labute approximate surface area is 147 Å². The van der Waals surface area contributed by atoms with Crippen molar-refractivity contribution in [2.45, 2.75) is 11.4 Å². The lowest BCUT2D eigenvalue weighted by molar-refractivity contribution is -0.384. The second kappa shape index (κ2) is 5.50. The fourth-order valence-electron chi connectivity index (χ4n) is 3.72. The molecule has 4 rings (SSSR count). The highest BCUT2D eigenvalue weighted by atomic mass is 32.2. The van der Waals surface area contributed by atoms with Crippen LogP contribution < -0.4 is 0 Å². The van der Waals surface area contributed by atoms with Gasteiger partial charge >= 0.3 is 0 Å². The summed E-state index contributed by atoms with van der Waals surface area (Å²) in [5.41, 5.74) is -0.318. The molecule has 1 heterocycles. The lowest BCUT2D eigenvalue weighted by Gasteiger charge is -2.30. The number of carbonyl (C=O) groups is 2. The SMILES string of the molecule is O=C1c2ccccc2C(=O)C12[C@@H](O)CS[C@H]2c1ccc([N+](=O)[O-])cc1. The summed E-state index contributed by atoms with van der Waals surface area (Å²) in [6.07, 6.45) is -1.09. The molecule has 0 saturated carbocycles. The number of non-ortho nitro benzene ring substituents is 1. The lowest BCUT2D eigenvalue weighted by Crippen LogP contribution is -2.45. The van der Waals surface area contributed by atoms with Gasteiger partial charge in [0.15, 0.2) is 11.6 Å². The average molecular weight is 355 g/mol. The van der Waals surface area contributed by atoms with Crippen molar-refractivity contribution in [3.05, 3.63) is 75.3 Å². The quantitative estimate of drug-likeness (QED) is 0.505. The van der Waals surface area contributed by atoms with E-state index in [1.165, 1.54) is 23.9 Å². The minimum Gasteiger partial charge on any atom is -0.391 e. The summed E-state index contributed by atoms with van der Waals surface area (Å²) in [5, 5.41) is 20.9. The van der Waals surface area contributed by atoms with Gasteiger partial charge in [0.25, 0.3) is 5.69 Å². The standard InChI is InChI=1S/C18H13NO5S/c20-14-9-25-17(10-5-7-11(8-6-10)19(23)24)18(14)15(21)12-3-1-2-4-13(12)16(18)22/h1-8,14,17,20H,9H2/t14-,17-/m0/s1. The Bertz CT molecular complexity index is 873. The molecule has 1 aliphatic heterocycles. The highest BCUT2D eigenvalue weighted by molar-refractivity contribution is 8.00. The zero-order valence-corrected chi connectivity index (χ0v) is 13.7. The van der Waals surface area contributed by atoms with E-state index < -0.39 is 21.7 Å². The van der Waals surface area contributed by atoms with Crippen LogP contribution >= 0.6 is 11.8 Å². The van der Waals surface area contributed by atoms with Crippen LogP contribution in [0.15, 0.2) is 48.5 Å². The minimum absolute atomic E-state index is 0.0614. The Balaban J connectivity index is 1.84. The molecule has 2 aromatic carbocycles. The van der Waals surface area contributed by atoms with Crippen LogP contribution in [-0.4, -0.2) is 33.5 Å². The number of nitro benzene ring substituents is 1. The Morgan fingerprint density at radius 1 is 1.04 bits per heavy atom. The summed E-state index contributed by atoms with van der Waals surface area (Å²) >= 11 is 1.33. The van der Waals surface area contributed by atoms with Gasteiger partial charge in [0.1, 0.15) is 5.41 Å². The molecule has 1 spiro atoms. The first-order chi connectivity index (χ1) is 12.0. The summed E-state index contributed by atoms with van der Waals surface area (Å²) in [6, 6.07) is 12.4. The van der Waals surface area contributed by atoms with Gasteiger partial charge in [-0.1, -0.05) is 36.4 Å². The maximum atomic E-state index is 13.1. The number of thioether (sulfide) groups is 1. The van der Waals surface area contributed by atoms with Gasteiger partial charge < -0.3 is 5.11 Å². The summed E-state index contributed by atoms with van der Waals surface area (Å²) in [5.74, 6) is -0.476. The molecule has 1 aliphatic carbocycles. The van der Waals surface area contributed by atoms with Crippen LogP contribution in [0.5, 0.6) is 0 Å². The van der Waals surface area contributed by atoms with Crippen molar-refractivity contribution in [2.75, 3.05) is 5.75 Å². The third kappa shape index (κ3) is 2.03. The van der Waals surface area contributed by atoms with Crippen LogP contribution in [0, 0.1) is 15.5 Å². The first-order valence-corrected chi connectivity index (χ1v) is 8.75. The first kappa shape index (κ1) is 16.0. The van der Waals surface area contributed by atoms with Crippen molar-refractivity contribution in [1.82, 2.24) is 0 Å². The van der Waals surface area contributed by atoms with Gasteiger partial charge in [-0.3, -0.25) is 19.7 Å². The smallest absolute Gasteiger partial charge is 0.269 e. The van der Waals surface area contributed by atoms with Crippen molar-refractivity contribution in [3.8, 4) is 0 Å². The predicted molar refractivity (Wildman–Crippen MR) is 91.8 cm³/mol. The van der Waals surface area contributed by atoms with Crippen LogP contribution in [0.3, 0.4) is 0 Å². The number of aliphatic hydroxyl groups excluding tert-OH is 1. The van der Waals surface area contributed by atoms with E-state index in [4.69, 9.17) is 0 Å². The molecule has 0 bridgehead atoms. The van der Waals surface area contributed by atoms with Crippen molar-refractivity contribution in [3.63, 3.8) is 0 Å². The van der Waals surface area contributed by atoms with Crippen molar-refractivity contribution < 1.29 is 19.6 Å². The number of fused-ring (bicyclic) bond motifs is 1. The van der Waals surface area contributed by atoms with Gasteiger partial charge in [0.05, 0.1) is 16.3 Å². The summed E-state index contributed by atoms with van der Waals surface area (Å²) < 4.78 is 0. The maximum Gasteiger partial charge on any atom is 0.269 e. The maximum absolute atomic E-state index is 13.1. The van der Waals surface area contributed by atoms with Crippen molar-refractivity contribution in [2.24, 2.45) is 5.41 Å². The van der Waals surface area contributed by atoms with Crippen LogP contribution in [0.25, 0.3) is 0 Å². The number of hydrogen-bond acceptors (Lipinski definition) is 6. The zero-order chi connectivity index (χ0) is 17.8. The molecule has 1 fully saturated rings. The van der Waals surface area contributed by atoms with Gasteiger partial charge in [0.2, 0.25) is 0 Å². The molecule has 2 atom stereocenters. The van der Waals surface area contributed by atoms with E-state index >= 15 is 0 Å². The van der Waals surface area contributed by atoms with Crippen LogP contribution in [-0.2, 0) is 0 Å². The summed E-state index contributed by atoms with van der Waals surface area (Å²) in [7, 11) is 0. The minimum atomic E-state index is -1.55. The number of nitrogens with zero attached hydrogens (tertiary/aromatic N) is 1. The molecule has 25 heavy (non-hydrogen) atoms. The molecule has 0 unspecified atom stereocenters. The van der Waals surface area contributed by atoms with Gasteiger partial charge in [-0.15, -0.1) is 11.8 Å². The second-order valence-electron chi connectivity index (χ2n) is 6.15. The second-order valence-corrected chi connectivity index (χ2v) is 7.29. The molecular weight excluding hydrogens is 342 g/mol. The number of rotatable bonds is 2. The monoisotopic (exact) mass is 355 g/mol. The number of aliphatic hydroxyl groups is 1.